The Bertz CT molecular complexity index is 1640. The molecule has 0 saturated carbocycles. The highest BCUT2D eigenvalue weighted by atomic mass is 28.3. The first-order valence-electron chi connectivity index (χ1n) is 18.3. The molecule has 15 heteroatoms. The Balaban J connectivity index is 1.91. The Hall–Kier alpha value is -4.40. The summed E-state index contributed by atoms with van der Waals surface area (Å²) < 4.78 is 16.5. The summed E-state index contributed by atoms with van der Waals surface area (Å²) in [6, 6.07) is 3.64. The van der Waals surface area contributed by atoms with Gasteiger partial charge < -0.3 is 40.0 Å². The van der Waals surface area contributed by atoms with E-state index in [-0.39, 0.29) is 19.1 Å². The number of benzene rings is 1. The van der Waals surface area contributed by atoms with E-state index in [1.54, 1.807) is 47.7 Å². The number of fused-ring (bicyclic) bond motifs is 1. The molecule has 1 aromatic carbocycles. The number of esters is 2. The van der Waals surface area contributed by atoms with E-state index in [4.69, 9.17) is 14.2 Å². The number of carbonyl (C=O) groups excluding carboxylic acids is 6. The second-order valence-corrected chi connectivity index (χ2v) is 22.6. The maximum atomic E-state index is 14.4. The smallest absolute Gasteiger partial charge is 0.408 e. The molecule has 5 atom stereocenters. The number of ether oxygens (including phenoxy) is 3. The van der Waals surface area contributed by atoms with Crippen molar-refractivity contribution in [2.24, 2.45) is 0 Å². The lowest BCUT2D eigenvalue weighted by Gasteiger charge is -2.31. The maximum Gasteiger partial charge on any atom is 0.408 e. The lowest BCUT2D eigenvalue weighted by atomic mass is 10.0. The highest BCUT2D eigenvalue weighted by Gasteiger charge is 2.41. The molecule has 294 valence electrons. The number of amides is 4. The van der Waals surface area contributed by atoms with Crippen LogP contribution in [0.5, 0.6) is 0 Å². The van der Waals surface area contributed by atoms with Gasteiger partial charge in [-0.2, -0.15) is 0 Å². The molecule has 4 amide bonds. The Kier molecular flexibility index (Phi) is 14.3. The van der Waals surface area contributed by atoms with Crippen LogP contribution < -0.4 is 16.0 Å². The predicted molar refractivity (Wildman–Crippen MR) is 204 cm³/mol. The van der Waals surface area contributed by atoms with Crippen molar-refractivity contribution in [3.05, 3.63) is 36.0 Å². The average Bonchev–Trinajstić information content (AvgIpc) is 3.65. The first kappa shape index (κ1) is 43.0. The standard InChI is InChI=1S/C38H59N5O9Si/c1-23(22-53(9,10)11)50-35(48)30-17-14-18-43(30)34(47)29(19-25-21-39-27-16-13-12-15-26(25)27)42-33(46)28(20-31(44)51-37(3,4)5)41-32(45)24(2)40-36(49)52-38(6,7)8/h12-13,15-16,21,23-24,28-30,39H,14,17-20,22H2,1-11H3,(H,40,49)(H,41,45)(H,42,46)/t23?,24-,28-,29-,30-/m0/s1. The molecule has 1 fully saturated rings. The summed E-state index contributed by atoms with van der Waals surface area (Å²) in [4.78, 5) is 85.3. The van der Waals surface area contributed by atoms with Gasteiger partial charge in [0.05, 0.1) is 12.5 Å². The molecule has 0 radical (unpaired) electrons. The molecule has 1 saturated heterocycles. The normalized spacial score (nSPS) is 17.3. The largest absolute Gasteiger partial charge is 0.461 e. The van der Waals surface area contributed by atoms with Crippen LogP contribution in [-0.4, -0.2) is 102 Å². The Labute approximate surface area is 313 Å². The Morgan fingerprint density at radius 2 is 1.51 bits per heavy atom. The molecule has 1 aliphatic heterocycles. The zero-order chi connectivity index (χ0) is 39.9. The number of aromatic nitrogens is 1. The lowest BCUT2D eigenvalue weighted by molar-refractivity contribution is -0.158. The number of rotatable bonds is 14. The van der Waals surface area contributed by atoms with E-state index in [1.165, 1.54) is 11.8 Å². The predicted octanol–water partition coefficient (Wildman–Crippen LogP) is 4.59. The van der Waals surface area contributed by atoms with Crippen molar-refractivity contribution in [1.29, 1.82) is 0 Å². The van der Waals surface area contributed by atoms with Crippen LogP contribution in [0.3, 0.4) is 0 Å². The number of para-hydroxylation sites is 1. The van der Waals surface area contributed by atoms with Crippen LogP contribution in [0.4, 0.5) is 4.79 Å². The van der Waals surface area contributed by atoms with Crippen LogP contribution >= 0.6 is 0 Å². The summed E-state index contributed by atoms with van der Waals surface area (Å²) in [6.45, 7) is 20.2. The third-order valence-corrected chi connectivity index (χ3v) is 10.1. The summed E-state index contributed by atoms with van der Waals surface area (Å²) in [7, 11) is -1.53. The topological polar surface area (TPSA) is 185 Å². The number of hydrogen-bond donors (Lipinski definition) is 4. The number of carbonyl (C=O) groups is 6. The van der Waals surface area contributed by atoms with E-state index in [0.29, 0.717) is 12.8 Å². The van der Waals surface area contributed by atoms with Crippen LogP contribution in [0.25, 0.3) is 10.9 Å². The lowest BCUT2D eigenvalue weighted by Crippen LogP contribution is -2.58. The van der Waals surface area contributed by atoms with Crippen molar-refractivity contribution in [3.63, 3.8) is 0 Å². The molecule has 1 aliphatic rings. The van der Waals surface area contributed by atoms with Crippen molar-refractivity contribution in [2.45, 2.75) is 148 Å². The van der Waals surface area contributed by atoms with E-state index in [2.05, 4.69) is 40.6 Å². The molecule has 2 heterocycles. The fourth-order valence-corrected chi connectivity index (χ4v) is 8.06. The molecule has 3 rings (SSSR count). The zero-order valence-electron chi connectivity index (χ0n) is 33.1. The fraction of sp³-hybridized carbons (Fsp3) is 0.632. The van der Waals surface area contributed by atoms with Gasteiger partial charge in [0.1, 0.15) is 35.4 Å². The fourth-order valence-electron chi connectivity index (χ4n) is 6.26. The first-order chi connectivity index (χ1) is 24.4. The molecular weight excluding hydrogens is 699 g/mol. The average molecular weight is 758 g/mol. The molecular formula is C38H59N5O9Si. The van der Waals surface area contributed by atoms with Gasteiger partial charge in [-0.15, -0.1) is 0 Å². The molecule has 14 nitrogen and oxygen atoms in total. The Morgan fingerprint density at radius 3 is 2.13 bits per heavy atom. The number of aromatic amines is 1. The number of likely N-dealkylation sites (tertiary alicyclic amines) is 1. The summed E-state index contributed by atoms with van der Waals surface area (Å²) in [5.41, 5.74) is -0.124. The third-order valence-electron chi connectivity index (χ3n) is 8.29. The van der Waals surface area contributed by atoms with Gasteiger partial charge in [-0.1, -0.05) is 37.8 Å². The van der Waals surface area contributed by atoms with Gasteiger partial charge >= 0.3 is 18.0 Å². The van der Waals surface area contributed by atoms with Crippen LogP contribution in [0.2, 0.25) is 25.7 Å². The summed E-state index contributed by atoms with van der Waals surface area (Å²) in [5.74, 6) is -3.34. The minimum Gasteiger partial charge on any atom is -0.461 e. The molecule has 4 N–H and O–H groups in total. The van der Waals surface area contributed by atoms with Gasteiger partial charge in [-0.05, 0) is 85.9 Å². The van der Waals surface area contributed by atoms with Crippen molar-refractivity contribution in [2.75, 3.05) is 6.54 Å². The molecule has 1 aromatic heterocycles. The van der Waals surface area contributed by atoms with Gasteiger partial charge in [0.15, 0.2) is 0 Å². The van der Waals surface area contributed by atoms with Gasteiger partial charge in [0, 0.05) is 38.1 Å². The molecule has 53 heavy (non-hydrogen) atoms. The van der Waals surface area contributed by atoms with Crippen molar-refractivity contribution >= 4 is 54.7 Å². The van der Waals surface area contributed by atoms with Crippen LogP contribution in [0.15, 0.2) is 30.5 Å². The maximum absolute atomic E-state index is 14.4. The van der Waals surface area contributed by atoms with Crippen molar-refractivity contribution < 1.29 is 43.0 Å². The van der Waals surface area contributed by atoms with E-state index in [0.717, 1.165) is 22.5 Å². The first-order valence-corrected chi connectivity index (χ1v) is 22.0. The molecule has 0 bridgehead atoms. The highest BCUT2D eigenvalue weighted by molar-refractivity contribution is 6.76. The number of H-pyrrole nitrogens is 1. The van der Waals surface area contributed by atoms with Gasteiger partial charge in [-0.3, -0.25) is 19.2 Å². The Morgan fingerprint density at radius 1 is 0.887 bits per heavy atom. The molecule has 1 unspecified atom stereocenters. The van der Waals surface area contributed by atoms with E-state index < -0.39 is 85.6 Å². The quantitative estimate of drug-likeness (QED) is 0.122. The molecule has 0 aliphatic carbocycles. The number of nitrogens with one attached hydrogen (secondary N) is 4. The van der Waals surface area contributed by atoms with Crippen molar-refractivity contribution in [3.8, 4) is 0 Å². The second kappa shape index (κ2) is 17.6. The SMILES string of the molecule is CC(C[Si](C)(C)C)OC(=O)[C@@H]1CCCN1C(=O)[C@H](Cc1c[nH]c2ccccc12)NC(=O)[C@H](CC(=O)OC(C)(C)C)NC(=O)[C@H](C)NC(=O)OC(C)(C)C. The van der Waals surface area contributed by atoms with Crippen molar-refractivity contribution in [1.82, 2.24) is 25.8 Å². The van der Waals surface area contributed by atoms with Crippen LogP contribution in [-0.2, 0) is 44.6 Å². The molecule has 2 aromatic rings. The highest BCUT2D eigenvalue weighted by Crippen LogP contribution is 2.25. The minimum atomic E-state index is -1.53. The van der Waals surface area contributed by atoms with E-state index >= 15 is 0 Å². The zero-order valence-corrected chi connectivity index (χ0v) is 34.1. The van der Waals surface area contributed by atoms with E-state index in [1.807, 2.05) is 31.2 Å². The minimum absolute atomic E-state index is 0.0442. The van der Waals surface area contributed by atoms with Gasteiger partial charge in [0.25, 0.3) is 0 Å². The number of alkyl carbamates (subject to hydrolysis) is 1. The second-order valence-electron chi connectivity index (χ2n) is 17.0. The monoisotopic (exact) mass is 757 g/mol. The number of hydrogen-bond acceptors (Lipinski definition) is 9. The summed E-state index contributed by atoms with van der Waals surface area (Å²) in [6.07, 6.45) is 1.08. The molecule has 0 spiro atoms. The summed E-state index contributed by atoms with van der Waals surface area (Å²) in [5, 5.41) is 8.61. The van der Waals surface area contributed by atoms with E-state index in [9.17, 15) is 28.8 Å². The third kappa shape index (κ3) is 13.8. The summed E-state index contributed by atoms with van der Waals surface area (Å²) >= 11 is 0. The van der Waals surface area contributed by atoms with Gasteiger partial charge in [-0.25, -0.2) is 9.59 Å². The number of nitrogens with zero attached hydrogens (tertiary/aromatic N) is 1. The van der Waals surface area contributed by atoms with Gasteiger partial charge in [0.2, 0.25) is 17.7 Å². The van der Waals surface area contributed by atoms with Crippen LogP contribution in [0, 0.1) is 0 Å². The van der Waals surface area contributed by atoms with Crippen LogP contribution in [0.1, 0.15) is 80.2 Å².